The first kappa shape index (κ1) is 14.5. The van der Waals surface area contributed by atoms with Gasteiger partial charge in [0, 0.05) is 0 Å². The van der Waals surface area contributed by atoms with E-state index in [-0.39, 0.29) is 0 Å². The van der Waals surface area contributed by atoms with E-state index in [1.54, 1.807) is 0 Å². The van der Waals surface area contributed by atoms with Crippen LogP contribution < -0.4 is 0 Å². The van der Waals surface area contributed by atoms with Crippen LogP contribution in [-0.2, 0) is 0 Å². The van der Waals surface area contributed by atoms with Crippen LogP contribution in [-0.4, -0.2) is 0 Å². The minimum absolute atomic E-state index is 1.20. The normalized spacial score (nSPS) is 27.6. The lowest BCUT2D eigenvalue weighted by Gasteiger charge is -1.96. The van der Waals surface area contributed by atoms with Gasteiger partial charge in [-0.3, -0.25) is 0 Å². The van der Waals surface area contributed by atoms with Crippen molar-refractivity contribution in [1.29, 1.82) is 0 Å². The minimum atomic E-state index is 1.20. The van der Waals surface area contributed by atoms with Gasteiger partial charge in [0.1, 0.15) is 0 Å². The third-order valence-electron chi connectivity index (χ3n) is 2.76. The second kappa shape index (κ2) is 11.9. The SMILES string of the molecule is C1=CCCCCCC/C=C/C=C\C=C\C=C\C=C/1. The summed E-state index contributed by atoms with van der Waals surface area (Å²) >= 11 is 0. The van der Waals surface area contributed by atoms with Gasteiger partial charge in [-0.05, 0) is 25.7 Å². The fourth-order valence-corrected chi connectivity index (χ4v) is 1.74. The largest absolute Gasteiger partial charge is 0.0845 e. The van der Waals surface area contributed by atoms with Gasteiger partial charge in [-0.15, -0.1) is 0 Å². The van der Waals surface area contributed by atoms with Crippen LogP contribution in [0.3, 0.4) is 0 Å². The van der Waals surface area contributed by atoms with Crippen LogP contribution in [0.15, 0.2) is 72.9 Å². The van der Waals surface area contributed by atoms with Gasteiger partial charge in [0.2, 0.25) is 0 Å². The fourth-order valence-electron chi connectivity index (χ4n) is 1.74. The van der Waals surface area contributed by atoms with Crippen molar-refractivity contribution in [3.63, 3.8) is 0 Å². The van der Waals surface area contributed by atoms with Gasteiger partial charge in [-0.2, -0.15) is 0 Å². The molecule has 0 aliphatic heterocycles. The van der Waals surface area contributed by atoms with Crippen molar-refractivity contribution in [3.05, 3.63) is 72.9 Å². The molecule has 1 rings (SSSR count). The Balaban J connectivity index is 2.42. The van der Waals surface area contributed by atoms with E-state index in [0.717, 1.165) is 0 Å². The number of allylic oxidation sites excluding steroid dienone is 12. The average Bonchev–Trinajstić information content (AvgIpc) is 2.39. The molecule has 18 heavy (non-hydrogen) atoms. The third kappa shape index (κ3) is 9.65. The van der Waals surface area contributed by atoms with Crippen molar-refractivity contribution in [2.75, 3.05) is 0 Å². The first-order valence-corrected chi connectivity index (χ1v) is 6.98. The molecule has 96 valence electrons. The van der Waals surface area contributed by atoms with E-state index in [9.17, 15) is 0 Å². The van der Waals surface area contributed by atoms with E-state index in [0.29, 0.717) is 0 Å². The lowest BCUT2D eigenvalue weighted by atomic mass is 10.1. The average molecular weight is 240 g/mol. The molecule has 0 aromatic rings. The van der Waals surface area contributed by atoms with Crippen LogP contribution in [0.1, 0.15) is 38.5 Å². The van der Waals surface area contributed by atoms with E-state index in [1.807, 2.05) is 24.3 Å². The zero-order valence-electron chi connectivity index (χ0n) is 11.2. The third-order valence-corrected chi connectivity index (χ3v) is 2.76. The maximum atomic E-state index is 2.26. The zero-order chi connectivity index (χ0) is 12.7. The molecule has 0 N–H and O–H groups in total. The van der Waals surface area contributed by atoms with E-state index in [4.69, 9.17) is 0 Å². The monoisotopic (exact) mass is 240 g/mol. The molecule has 0 spiro atoms. The van der Waals surface area contributed by atoms with Gasteiger partial charge >= 0.3 is 0 Å². The molecule has 0 unspecified atom stereocenters. The minimum Gasteiger partial charge on any atom is -0.0845 e. The van der Waals surface area contributed by atoms with Gasteiger partial charge < -0.3 is 0 Å². The van der Waals surface area contributed by atoms with E-state index in [1.165, 1.54) is 38.5 Å². The molecular weight excluding hydrogens is 216 g/mol. The lowest BCUT2D eigenvalue weighted by molar-refractivity contribution is 0.652. The van der Waals surface area contributed by atoms with E-state index >= 15 is 0 Å². The van der Waals surface area contributed by atoms with Gasteiger partial charge in [-0.1, -0.05) is 85.8 Å². The standard InChI is InChI=1S/C18H24/c1-2-4-6-8-10-12-14-16-18-17-15-13-11-9-7-5-3-1/h1-12H,13-18H2/b3-1+,4-2+,7-5-,8-6-,11-9+,12-10?. The molecule has 0 atom stereocenters. The Morgan fingerprint density at radius 2 is 0.667 bits per heavy atom. The highest BCUT2D eigenvalue weighted by molar-refractivity contribution is 5.19. The Morgan fingerprint density at radius 3 is 1.06 bits per heavy atom. The van der Waals surface area contributed by atoms with Crippen molar-refractivity contribution >= 4 is 0 Å². The fraction of sp³-hybridized carbons (Fsp3) is 0.333. The molecule has 0 nitrogen and oxygen atoms in total. The summed E-state index contributed by atoms with van der Waals surface area (Å²) in [4.78, 5) is 0. The van der Waals surface area contributed by atoms with Crippen LogP contribution in [0.5, 0.6) is 0 Å². The van der Waals surface area contributed by atoms with Crippen molar-refractivity contribution in [2.24, 2.45) is 0 Å². The Hall–Kier alpha value is -1.56. The first-order valence-electron chi connectivity index (χ1n) is 6.98. The molecule has 0 aromatic heterocycles. The topological polar surface area (TPSA) is 0 Å². The molecular formula is C18H24. The van der Waals surface area contributed by atoms with Gasteiger partial charge in [0.25, 0.3) is 0 Å². The van der Waals surface area contributed by atoms with Crippen LogP contribution in [0.4, 0.5) is 0 Å². The zero-order valence-corrected chi connectivity index (χ0v) is 11.2. The second-order valence-corrected chi connectivity index (χ2v) is 4.39. The van der Waals surface area contributed by atoms with Crippen molar-refractivity contribution in [1.82, 2.24) is 0 Å². The van der Waals surface area contributed by atoms with Gasteiger partial charge in [0.05, 0.1) is 0 Å². The van der Waals surface area contributed by atoms with E-state index < -0.39 is 0 Å². The molecule has 1 aliphatic carbocycles. The molecule has 0 radical (unpaired) electrons. The summed E-state index contributed by atoms with van der Waals surface area (Å²) in [5.41, 5.74) is 0. The van der Waals surface area contributed by atoms with E-state index in [2.05, 4.69) is 48.6 Å². The molecule has 0 saturated carbocycles. The summed E-state index contributed by atoms with van der Waals surface area (Å²) in [6.45, 7) is 0. The van der Waals surface area contributed by atoms with Crippen LogP contribution in [0, 0.1) is 0 Å². The van der Waals surface area contributed by atoms with Crippen molar-refractivity contribution in [3.8, 4) is 0 Å². The van der Waals surface area contributed by atoms with Gasteiger partial charge in [-0.25, -0.2) is 0 Å². The highest BCUT2D eigenvalue weighted by Crippen LogP contribution is 2.06. The van der Waals surface area contributed by atoms with Crippen LogP contribution in [0.2, 0.25) is 0 Å². The molecule has 0 amide bonds. The maximum Gasteiger partial charge on any atom is -0.0348 e. The highest BCUT2D eigenvalue weighted by Gasteiger charge is 1.86. The Kier molecular flexibility index (Phi) is 9.60. The van der Waals surface area contributed by atoms with Crippen LogP contribution in [0.25, 0.3) is 0 Å². The number of hydrogen-bond acceptors (Lipinski definition) is 0. The Morgan fingerprint density at radius 1 is 0.333 bits per heavy atom. The van der Waals surface area contributed by atoms with Gasteiger partial charge in [0.15, 0.2) is 0 Å². The molecule has 1 aliphatic rings. The summed E-state index contributed by atoms with van der Waals surface area (Å²) in [6, 6.07) is 0. The molecule has 0 bridgehead atoms. The Bertz CT molecular complexity index is 312. The predicted octanol–water partition coefficient (Wildman–Crippen LogP) is 5.68. The highest BCUT2D eigenvalue weighted by atomic mass is 13.9. The molecule has 0 heteroatoms. The lowest BCUT2D eigenvalue weighted by Crippen LogP contribution is -1.76. The molecule has 0 fully saturated rings. The summed E-state index contributed by atoms with van der Waals surface area (Å²) in [7, 11) is 0. The van der Waals surface area contributed by atoms with Crippen molar-refractivity contribution < 1.29 is 0 Å². The summed E-state index contributed by atoms with van der Waals surface area (Å²) < 4.78 is 0. The summed E-state index contributed by atoms with van der Waals surface area (Å²) in [5, 5.41) is 0. The maximum absolute atomic E-state index is 2.26. The quantitative estimate of drug-likeness (QED) is 0.511. The summed E-state index contributed by atoms with van der Waals surface area (Å²) in [6.07, 6.45) is 33.0. The summed E-state index contributed by atoms with van der Waals surface area (Å²) in [5.74, 6) is 0. The molecule has 0 heterocycles. The molecule has 0 saturated heterocycles. The number of rotatable bonds is 0. The first-order chi connectivity index (χ1) is 9.00. The van der Waals surface area contributed by atoms with Crippen LogP contribution >= 0.6 is 0 Å². The molecule has 0 aromatic carbocycles. The number of hydrogen-bond donors (Lipinski definition) is 0. The smallest absolute Gasteiger partial charge is 0.0348 e. The predicted molar refractivity (Wildman–Crippen MR) is 82.5 cm³/mol. The van der Waals surface area contributed by atoms with Crippen molar-refractivity contribution in [2.45, 2.75) is 38.5 Å². The Labute approximate surface area is 112 Å². The second-order valence-electron chi connectivity index (χ2n) is 4.39.